The lowest BCUT2D eigenvalue weighted by Crippen LogP contribution is -2.68. The Bertz CT molecular complexity index is 999. The van der Waals surface area contributed by atoms with E-state index in [-0.39, 0.29) is 30.9 Å². The van der Waals surface area contributed by atoms with Crippen molar-refractivity contribution in [2.75, 3.05) is 32.0 Å². The van der Waals surface area contributed by atoms with E-state index in [1.54, 1.807) is 13.1 Å². The number of aliphatic carboxylic acids is 1. The van der Waals surface area contributed by atoms with E-state index in [1.807, 2.05) is 22.6 Å². The van der Waals surface area contributed by atoms with E-state index in [4.69, 9.17) is 9.90 Å². The molecule has 0 atom stereocenters. The van der Waals surface area contributed by atoms with Gasteiger partial charge in [-0.25, -0.2) is 13.2 Å². The van der Waals surface area contributed by atoms with Gasteiger partial charge in [-0.2, -0.15) is 0 Å². The highest BCUT2D eigenvalue weighted by molar-refractivity contribution is 14.1. The van der Waals surface area contributed by atoms with Gasteiger partial charge in [0.25, 0.3) is 11.9 Å². The standard InChI is InChI=1S/C18H18F3IN4O2.C2H4O2/c1-23-24-7-18(28)8-26(9-18)17(27)11-3-4-12(19)15(21)16(11)25-14-5-2-10(22)6-13(14)20;1-2(3)4/h2-6,23-25,28H,7-9H2,1H3;1H3,(H,3,4). The molecule has 1 saturated heterocycles. The van der Waals surface area contributed by atoms with Gasteiger partial charge in [-0.05, 0) is 60.0 Å². The van der Waals surface area contributed by atoms with Crippen molar-refractivity contribution in [1.29, 1.82) is 0 Å². The van der Waals surface area contributed by atoms with Gasteiger partial charge < -0.3 is 20.4 Å². The number of β-amino-alcohol motifs (C(OH)–C–C–N with tert-alkyl or cyclic N) is 1. The van der Waals surface area contributed by atoms with Gasteiger partial charge in [0.15, 0.2) is 11.6 Å². The first-order valence-electron chi connectivity index (χ1n) is 9.28. The summed E-state index contributed by atoms with van der Waals surface area (Å²) >= 11 is 1.92. The van der Waals surface area contributed by atoms with Gasteiger partial charge in [-0.15, -0.1) is 0 Å². The predicted octanol–water partition coefficient (Wildman–Crippen LogP) is 2.45. The van der Waals surface area contributed by atoms with E-state index in [1.165, 1.54) is 17.0 Å². The molecule has 5 N–H and O–H groups in total. The summed E-state index contributed by atoms with van der Waals surface area (Å²) in [6.45, 7) is 1.34. The minimum absolute atomic E-state index is 0.0246. The van der Waals surface area contributed by atoms with Crippen molar-refractivity contribution in [2.45, 2.75) is 12.5 Å². The van der Waals surface area contributed by atoms with Crippen molar-refractivity contribution in [3.05, 3.63) is 56.9 Å². The Morgan fingerprint density at radius 2 is 1.78 bits per heavy atom. The fraction of sp³-hybridized carbons (Fsp3) is 0.300. The second-order valence-corrected chi connectivity index (χ2v) is 8.29. The van der Waals surface area contributed by atoms with E-state index < -0.39 is 40.6 Å². The number of likely N-dealkylation sites (tertiary alicyclic amines) is 1. The number of carbonyl (C=O) groups is 2. The van der Waals surface area contributed by atoms with Crippen LogP contribution in [0.1, 0.15) is 17.3 Å². The van der Waals surface area contributed by atoms with Crippen molar-refractivity contribution in [1.82, 2.24) is 15.8 Å². The maximum atomic E-state index is 14.4. The summed E-state index contributed by atoms with van der Waals surface area (Å²) in [5.41, 5.74) is 3.63. The number of nitrogens with zero attached hydrogens (tertiary/aromatic N) is 1. The number of hydrogen-bond acceptors (Lipinski definition) is 6. The maximum Gasteiger partial charge on any atom is 0.300 e. The molecule has 1 aliphatic heterocycles. The molecule has 0 unspecified atom stereocenters. The summed E-state index contributed by atoms with van der Waals surface area (Å²) in [7, 11) is 1.65. The fourth-order valence-electron chi connectivity index (χ4n) is 2.92. The number of carboxylic acid groups (broad SMARTS) is 1. The number of carboxylic acids is 1. The van der Waals surface area contributed by atoms with Gasteiger partial charge >= 0.3 is 0 Å². The first-order chi connectivity index (χ1) is 15.0. The second kappa shape index (κ2) is 10.9. The van der Waals surface area contributed by atoms with Crippen LogP contribution in [0.4, 0.5) is 24.5 Å². The SMILES string of the molecule is CC(=O)O.CNNCC1(O)CN(C(=O)c2ccc(F)c(F)c2Nc2ccc(I)cc2F)C1. The first kappa shape index (κ1) is 25.8. The third-order valence-corrected chi connectivity index (χ3v) is 5.04. The zero-order chi connectivity index (χ0) is 24.1. The van der Waals surface area contributed by atoms with Gasteiger partial charge in [0, 0.05) is 17.0 Å². The highest BCUT2D eigenvalue weighted by Crippen LogP contribution is 2.31. The highest BCUT2D eigenvalue weighted by Gasteiger charge is 2.44. The van der Waals surface area contributed by atoms with Gasteiger partial charge in [-0.3, -0.25) is 20.4 Å². The Kier molecular flexibility index (Phi) is 8.83. The van der Waals surface area contributed by atoms with E-state index in [0.29, 0.717) is 3.57 Å². The van der Waals surface area contributed by atoms with Gasteiger partial charge in [-0.1, -0.05) is 0 Å². The molecule has 0 saturated carbocycles. The lowest BCUT2D eigenvalue weighted by molar-refractivity contribution is -0.134. The van der Waals surface area contributed by atoms with Gasteiger partial charge in [0.05, 0.1) is 30.0 Å². The smallest absolute Gasteiger partial charge is 0.300 e. The van der Waals surface area contributed by atoms with Crippen molar-refractivity contribution in [2.24, 2.45) is 0 Å². The quantitative estimate of drug-likeness (QED) is 0.270. The Labute approximate surface area is 195 Å². The van der Waals surface area contributed by atoms with Crippen molar-refractivity contribution >= 4 is 45.8 Å². The molecule has 174 valence electrons. The molecular formula is C20H22F3IN4O4. The molecule has 1 heterocycles. The van der Waals surface area contributed by atoms with Crippen molar-refractivity contribution in [3.8, 4) is 0 Å². The molecule has 0 aromatic heterocycles. The van der Waals surface area contributed by atoms with Crippen LogP contribution < -0.4 is 16.2 Å². The average Bonchev–Trinajstić information content (AvgIpc) is 2.69. The first-order valence-corrected chi connectivity index (χ1v) is 10.4. The Balaban J connectivity index is 0.000000837. The van der Waals surface area contributed by atoms with Crippen LogP contribution in [0.2, 0.25) is 0 Å². The van der Waals surface area contributed by atoms with Gasteiger partial charge in [0.1, 0.15) is 11.4 Å². The van der Waals surface area contributed by atoms with Crippen molar-refractivity contribution < 1.29 is 33.0 Å². The number of rotatable bonds is 6. The summed E-state index contributed by atoms with van der Waals surface area (Å²) in [6.07, 6.45) is 0. The Hall–Kier alpha value is -2.42. The number of benzene rings is 2. The Morgan fingerprint density at radius 3 is 2.34 bits per heavy atom. The van der Waals surface area contributed by atoms with E-state index >= 15 is 0 Å². The minimum atomic E-state index is -1.28. The number of anilines is 2. The molecule has 12 heteroatoms. The Morgan fingerprint density at radius 1 is 1.16 bits per heavy atom. The third-order valence-electron chi connectivity index (χ3n) is 4.37. The lowest BCUT2D eigenvalue weighted by Gasteiger charge is -2.46. The van der Waals surface area contributed by atoms with Gasteiger partial charge in [0.2, 0.25) is 0 Å². The normalized spacial score (nSPS) is 14.2. The molecule has 32 heavy (non-hydrogen) atoms. The second-order valence-electron chi connectivity index (χ2n) is 7.04. The van der Waals surface area contributed by atoms with Crippen LogP contribution >= 0.6 is 22.6 Å². The highest BCUT2D eigenvalue weighted by atomic mass is 127. The molecule has 1 aliphatic rings. The van der Waals surface area contributed by atoms with E-state index in [9.17, 15) is 23.1 Å². The molecule has 1 fully saturated rings. The summed E-state index contributed by atoms with van der Waals surface area (Å²) in [5, 5.41) is 20.2. The van der Waals surface area contributed by atoms with E-state index in [2.05, 4.69) is 16.2 Å². The third kappa shape index (κ3) is 6.54. The van der Waals surface area contributed by atoms with Crippen LogP contribution in [0.25, 0.3) is 0 Å². The molecule has 0 spiro atoms. The lowest BCUT2D eigenvalue weighted by atomic mass is 9.93. The molecule has 8 nitrogen and oxygen atoms in total. The molecule has 1 amide bonds. The van der Waals surface area contributed by atoms with Crippen LogP contribution in [-0.2, 0) is 4.79 Å². The molecule has 3 rings (SSSR count). The van der Waals surface area contributed by atoms with Crippen LogP contribution in [-0.4, -0.2) is 59.3 Å². The molecule has 2 aromatic rings. The number of amides is 1. The summed E-state index contributed by atoms with van der Waals surface area (Å²) in [6, 6.07) is 6.17. The number of carbonyl (C=O) groups excluding carboxylic acids is 1. The fourth-order valence-corrected chi connectivity index (χ4v) is 3.37. The number of hydrogen-bond donors (Lipinski definition) is 5. The largest absolute Gasteiger partial charge is 0.481 e. The number of hydrazine groups is 1. The number of halogens is 4. The summed E-state index contributed by atoms with van der Waals surface area (Å²) < 4.78 is 42.9. The minimum Gasteiger partial charge on any atom is -0.481 e. The monoisotopic (exact) mass is 566 g/mol. The van der Waals surface area contributed by atoms with Crippen LogP contribution in [0.3, 0.4) is 0 Å². The van der Waals surface area contributed by atoms with Crippen LogP contribution in [0.15, 0.2) is 30.3 Å². The van der Waals surface area contributed by atoms with Crippen LogP contribution in [0.5, 0.6) is 0 Å². The van der Waals surface area contributed by atoms with Crippen LogP contribution in [0, 0.1) is 21.0 Å². The molecule has 0 aliphatic carbocycles. The summed E-state index contributed by atoms with van der Waals surface area (Å²) in [5.74, 6) is -4.54. The summed E-state index contributed by atoms with van der Waals surface area (Å²) in [4.78, 5) is 23.1. The number of nitrogens with one attached hydrogen (secondary N) is 3. The zero-order valence-electron chi connectivity index (χ0n) is 17.2. The topological polar surface area (TPSA) is 114 Å². The zero-order valence-corrected chi connectivity index (χ0v) is 19.3. The maximum absolute atomic E-state index is 14.4. The molecular weight excluding hydrogens is 544 g/mol. The van der Waals surface area contributed by atoms with Crippen molar-refractivity contribution in [3.63, 3.8) is 0 Å². The number of aliphatic hydroxyl groups is 1. The predicted molar refractivity (Wildman–Crippen MR) is 120 cm³/mol. The molecule has 2 aromatic carbocycles. The molecule has 0 radical (unpaired) electrons. The molecule has 0 bridgehead atoms. The van der Waals surface area contributed by atoms with E-state index in [0.717, 1.165) is 19.1 Å². The average molecular weight is 566 g/mol.